The minimum atomic E-state index is 0.135. The third-order valence-corrected chi connectivity index (χ3v) is 4.88. The van der Waals surface area contributed by atoms with Gasteiger partial charge in [0.2, 0.25) is 0 Å². The average molecular weight is 331 g/mol. The maximum atomic E-state index is 12.5. The van der Waals surface area contributed by atoms with Crippen molar-refractivity contribution in [2.24, 2.45) is 0 Å². The number of nitrogens with one attached hydrogen (secondary N) is 1. The van der Waals surface area contributed by atoms with Gasteiger partial charge >= 0.3 is 0 Å². The zero-order valence-electron chi connectivity index (χ0n) is 13.5. The fourth-order valence-electron chi connectivity index (χ4n) is 2.61. The lowest BCUT2D eigenvalue weighted by Gasteiger charge is -2.35. The van der Waals surface area contributed by atoms with Gasteiger partial charge < -0.3 is 15.1 Å². The van der Waals surface area contributed by atoms with E-state index in [0.29, 0.717) is 13.1 Å². The van der Waals surface area contributed by atoms with Crippen molar-refractivity contribution in [3.63, 3.8) is 0 Å². The molecule has 0 unspecified atom stereocenters. The van der Waals surface area contributed by atoms with E-state index in [1.807, 2.05) is 42.3 Å². The monoisotopic (exact) mass is 331 g/mol. The van der Waals surface area contributed by atoms with Crippen LogP contribution in [0.5, 0.6) is 0 Å². The normalized spacial score (nSPS) is 14.9. The Morgan fingerprint density at radius 3 is 2.61 bits per heavy atom. The molecular formula is C16H21N5OS. The first kappa shape index (κ1) is 15.7. The Hall–Kier alpha value is -2.15. The first-order valence-electron chi connectivity index (χ1n) is 7.84. The first-order chi connectivity index (χ1) is 11.2. The zero-order valence-corrected chi connectivity index (χ0v) is 14.3. The van der Waals surface area contributed by atoms with Gasteiger partial charge in [0.05, 0.1) is 4.88 Å². The highest BCUT2D eigenvalue weighted by atomic mass is 32.1. The van der Waals surface area contributed by atoms with Crippen LogP contribution in [0.4, 0.5) is 11.6 Å². The van der Waals surface area contributed by atoms with Crippen molar-refractivity contribution in [1.29, 1.82) is 0 Å². The fourth-order valence-corrected chi connectivity index (χ4v) is 3.47. The Morgan fingerprint density at radius 2 is 2.04 bits per heavy atom. The Bertz CT molecular complexity index is 661. The summed E-state index contributed by atoms with van der Waals surface area (Å²) in [6.07, 6.45) is 0. The Kier molecular flexibility index (Phi) is 4.76. The molecule has 1 N–H and O–H groups in total. The molecule has 0 bridgehead atoms. The summed E-state index contributed by atoms with van der Waals surface area (Å²) in [6.45, 7) is 7.87. The van der Waals surface area contributed by atoms with Crippen LogP contribution < -0.4 is 10.2 Å². The first-order valence-corrected chi connectivity index (χ1v) is 8.72. The topological polar surface area (TPSA) is 61.4 Å². The Labute approximate surface area is 140 Å². The molecule has 1 aliphatic rings. The average Bonchev–Trinajstić information content (AvgIpc) is 3.02. The summed E-state index contributed by atoms with van der Waals surface area (Å²) in [6, 6.07) is 5.88. The van der Waals surface area contributed by atoms with E-state index < -0.39 is 0 Å². The summed E-state index contributed by atoms with van der Waals surface area (Å²) in [5.74, 6) is 1.79. The maximum Gasteiger partial charge on any atom is 0.264 e. The fraction of sp³-hybridized carbons (Fsp3) is 0.438. The number of carbonyl (C=O) groups excluding carboxylic acids is 1. The predicted molar refractivity (Wildman–Crippen MR) is 93.4 cm³/mol. The van der Waals surface area contributed by atoms with Gasteiger partial charge in [-0.05, 0) is 43.0 Å². The van der Waals surface area contributed by atoms with Gasteiger partial charge in [-0.1, -0.05) is 0 Å². The van der Waals surface area contributed by atoms with E-state index in [0.717, 1.165) is 41.7 Å². The number of piperazine rings is 1. The lowest BCUT2D eigenvalue weighted by Crippen LogP contribution is -2.49. The summed E-state index contributed by atoms with van der Waals surface area (Å²) >= 11 is 1.52. The highest BCUT2D eigenvalue weighted by Crippen LogP contribution is 2.19. The Balaban J connectivity index is 1.58. The van der Waals surface area contributed by atoms with Gasteiger partial charge in [0, 0.05) is 32.7 Å². The highest BCUT2D eigenvalue weighted by Gasteiger charge is 2.23. The van der Waals surface area contributed by atoms with Crippen molar-refractivity contribution < 1.29 is 4.79 Å². The summed E-state index contributed by atoms with van der Waals surface area (Å²) in [5.41, 5.74) is 1.15. The number of nitrogens with zero attached hydrogens (tertiary/aromatic N) is 4. The summed E-state index contributed by atoms with van der Waals surface area (Å²) in [5, 5.41) is 13.6. The van der Waals surface area contributed by atoms with E-state index in [4.69, 9.17) is 0 Å². The minimum absolute atomic E-state index is 0.135. The molecule has 1 saturated heterocycles. The quantitative estimate of drug-likeness (QED) is 0.931. The molecule has 0 spiro atoms. The van der Waals surface area contributed by atoms with Crippen LogP contribution in [-0.2, 0) is 0 Å². The Morgan fingerprint density at radius 1 is 1.26 bits per heavy atom. The minimum Gasteiger partial charge on any atom is -0.369 e. The van der Waals surface area contributed by atoms with Gasteiger partial charge in [-0.25, -0.2) is 0 Å². The number of aryl methyl sites for hydroxylation is 1. The molecule has 2 aromatic rings. The number of carbonyl (C=O) groups is 1. The van der Waals surface area contributed by atoms with Gasteiger partial charge in [-0.15, -0.1) is 21.5 Å². The molecule has 0 saturated carbocycles. The second kappa shape index (κ2) is 6.95. The van der Waals surface area contributed by atoms with Crippen molar-refractivity contribution in [1.82, 2.24) is 15.1 Å². The van der Waals surface area contributed by atoms with Crippen LogP contribution in [-0.4, -0.2) is 53.7 Å². The van der Waals surface area contributed by atoms with Gasteiger partial charge in [-0.3, -0.25) is 4.79 Å². The van der Waals surface area contributed by atoms with Crippen molar-refractivity contribution in [2.75, 3.05) is 42.9 Å². The molecule has 1 aliphatic heterocycles. The number of hydrogen-bond donors (Lipinski definition) is 1. The summed E-state index contributed by atoms with van der Waals surface area (Å²) in [4.78, 5) is 17.4. The smallest absolute Gasteiger partial charge is 0.264 e. The van der Waals surface area contributed by atoms with E-state index in [1.54, 1.807) is 0 Å². The number of aromatic nitrogens is 2. The van der Waals surface area contributed by atoms with Gasteiger partial charge in [0.15, 0.2) is 5.82 Å². The number of amides is 1. The maximum absolute atomic E-state index is 12.5. The number of thiophene rings is 1. The predicted octanol–water partition coefficient (Wildman–Crippen LogP) is 2.24. The van der Waals surface area contributed by atoms with Crippen LogP contribution in [0.3, 0.4) is 0 Å². The molecule has 2 aromatic heterocycles. The van der Waals surface area contributed by atoms with E-state index in [2.05, 4.69) is 20.4 Å². The lowest BCUT2D eigenvalue weighted by molar-refractivity contribution is 0.0751. The molecule has 0 atom stereocenters. The molecule has 1 fully saturated rings. The second-order valence-corrected chi connectivity index (χ2v) is 6.49. The number of rotatable bonds is 4. The molecule has 0 aromatic carbocycles. The zero-order chi connectivity index (χ0) is 16.2. The molecule has 3 rings (SSSR count). The van der Waals surface area contributed by atoms with Crippen molar-refractivity contribution in [3.05, 3.63) is 34.0 Å². The number of anilines is 2. The molecule has 3 heterocycles. The van der Waals surface area contributed by atoms with Crippen molar-refractivity contribution in [2.45, 2.75) is 13.8 Å². The van der Waals surface area contributed by atoms with Crippen LogP contribution in [0.25, 0.3) is 0 Å². The highest BCUT2D eigenvalue weighted by molar-refractivity contribution is 7.12. The summed E-state index contributed by atoms with van der Waals surface area (Å²) in [7, 11) is 0. The van der Waals surface area contributed by atoms with E-state index >= 15 is 0 Å². The third-order valence-electron chi connectivity index (χ3n) is 3.84. The summed E-state index contributed by atoms with van der Waals surface area (Å²) < 4.78 is 0. The number of hydrogen-bond acceptors (Lipinski definition) is 6. The molecule has 122 valence electrons. The van der Waals surface area contributed by atoms with Gasteiger partial charge in [-0.2, -0.15) is 0 Å². The largest absolute Gasteiger partial charge is 0.369 e. The SMILES string of the molecule is CCNc1ccc(N2CCN(C(=O)c3cc(C)cs3)CC2)nn1. The van der Waals surface area contributed by atoms with Crippen LogP contribution in [0.2, 0.25) is 0 Å². The van der Waals surface area contributed by atoms with Gasteiger partial charge in [0.1, 0.15) is 5.82 Å². The molecule has 0 aliphatic carbocycles. The van der Waals surface area contributed by atoms with Gasteiger partial charge in [0.25, 0.3) is 5.91 Å². The van der Waals surface area contributed by atoms with Crippen LogP contribution >= 0.6 is 11.3 Å². The molecule has 6 nitrogen and oxygen atoms in total. The molecule has 1 amide bonds. The molecular weight excluding hydrogens is 310 g/mol. The molecule has 0 radical (unpaired) electrons. The standard InChI is InChI=1S/C16H21N5OS/c1-3-17-14-4-5-15(19-18-14)20-6-8-21(9-7-20)16(22)13-10-12(2)11-23-13/h4-5,10-11H,3,6-9H2,1-2H3,(H,17,18). The van der Waals surface area contributed by atoms with Crippen LogP contribution in [0.15, 0.2) is 23.6 Å². The third kappa shape index (κ3) is 3.61. The molecule has 7 heteroatoms. The van der Waals surface area contributed by atoms with Crippen LogP contribution in [0.1, 0.15) is 22.2 Å². The lowest BCUT2D eigenvalue weighted by atomic mass is 10.2. The van der Waals surface area contributed by atoms with Crippen molar-refractivity contribution in [3.8, 4) is 0 Å². The van der Waals surface area contributed by atoms with Crippen LogP contribution in [0, 0.1) is 6.92 Å². The van der Waals surface area contributed by atoms with Crippen molar-refractivity contribution >= 4 is 28.9 Å². The van der Waals surface area contributed by atoms with E-state index in [1.165, 1.54) is 11.3 Å². The van der Waals surface area contributed by atoms with E-state index in [-0.39, 0.29) is 5.91 Å². The molecule has 23 heavy (non-hydrogen) atoms. The van der Waals surface area contributed by atoms with E-state index in [9.17, 15) is 4.79 Å². The second-order valence-electron chi connectivity index (χ2n) is 5.57.